The molecule has 6 heteroatoms. The molecule has 1 aromatic rings. The Balaban J connectivity index is 2.93. The number of nitrogens with two attached hydrogens (primary N) is 1. The number of halogens is 1. The Labute approximate surface area is 111 Å². The molecule has 5 nitrogen and oxygen atoms in total. The number of hydrogen-bond acceptors (Lipinski definition) is 5. The molecule has 0 fully saturated rings. The van der Waals surface area contributed by atoms with Crippen LogP contribution in [0, 0.1) is 0 Å². The van der Waals surface area contributed by atoms with Crippen molar-refractivity contribution < 1.29 is 4.74 Å². The number of rotatable bonds is 6. The average molecular weight is 303 g/mol. The standard InChI is InChI=1S/C11H19BrN4O/c1-8(2)16(6-4-5-13)11-14-7-9(12)10(15-11)17-3/h7-8H,4-6,13H2,1-3H3. The van der Waals surface area contributed by atoms with Gasteiger partial charge in [-0.3, -0.25) is 0 Å². The Morgan fingerprint density at radius 3 is 2.76 bits per heavy atom. The molecule has 17 heavy (non-hydrogen) atoms. The number of aromatic nitrogens is 2. The highest BCUT2D eigenvalue weighted by Gasteiger charge is 2.15. The van der Waals surface area contributed by atoms with E-state index in [2.05, 4.69) is 44.6 Å². The molecule has 0 bridgehead atoms. The molecule has 0 spiro atoms. The maximum Gasteiger partial charge on any atom is 0.232 e. The highest BCUT2D eigenvalue weighted by molar-refractivity contribution is 9.10. The number of anilines is 1. The molecule has 0 aliphatic carbocycles. The van der Waals surface area contributed by atoms with Crippen molar-refractivity contribution in [3.8, 4) is 5.88 Å². The molecular weight excluding hydrogens is 284 g/mol. The summed E-state index contributed by atoms with van der Waals surface area (Å²) in [5.41, 5.74) is 5.54. The smallest absolute Gasteiger partial charge is 0.232 e. The molecule has 96 valence electrons. The van der Waals surface area contributed by atoms with Crippen molar-refractivity contribution in [1.82, 2.24) is 9.97 Å². The third-order valence-corrected chi connectivity index (χ3v) is 2.92. The maximum absolute atomic E-state index is 5.54. The molecule has 0 unspecified atom stereocenters. The van der Waals surface area contributed by atoms with Crippen molar-refractivity contribution in [3.63, 3.8) is 0 Å². The van der Waals surface area contributed by atoms with Gasteiger partial charge in [0.1, 0.15) is 0 Å². The topological polar surface area (TPSA) is 64.3 Å². The van der Waals surface area contributed by atoms with E-state index >= 15 is 0 Å². The lowest BCUT2D eigenvalue weighted by Crippen LogP contribution is -2.34. The molecule has 0 saturated carbocycles. The SMILES string of the molecule is COc1nc(N(CCCN)C(C)C)ncc1Br. The van der Waals surface area contributed by atoms with E-state index in [4.69, 9.17) is 10.5 Å². The fourth-order valence-electron chi connectivity index (χ4n) is 1.48. The van der Waals surface area contributed by atoms with Gasteiger partial charge in [0.05, 0.1) is 17.8 Å². The molecule has 0 amide bonds. The highest BCUT2D eigenvalue weighted by Crippen LogP contribution is 2.24. The Bertz CT molecular complexity index is 359. The third-order valence-electron chi connectivity index (χ3n) is 2.38. The summed E-state index contributed by atoms with van der Waals surface area (Å²) in [5, 5.41) is 0. The van der Waals surface area contributed by atoms with Gasteiger partial charge >= 0.3 is 0 Å². The first-order valence-electron chi connectivity index (χ1n) is 5.63. The lowest BCUT2D eigenvalue weighted by Gasteiger charge is -2.26. The lowest BCUT2D eigenvalue weighted by atomic mass is 10.3. The van der Waals surface area contributed by atoms with Gasteiger partial charge in [0, 0.05) is 12.6 Å². The van der Waals surface area contributed by atoms with Gasteiger partial charge in [-0.05, 0) is 42.7 Å². The first kappa shape index (κ1) is 14.2. The first-order chi connectivity index (χ1) is 8.10. The summed E-state index contributed by atoms with van der Waals surface area (Å²) < 4.78 is 5.93. The summed E-state index contributed by atoms with van der Waals surface area (Å²) in [7, 11) is 1.59. The first-order valence-corrected chi connectivity index (χ1v) is 6.42. The van der Waals surface area contributed by atoms with Gasteiger partial charge in [-0.2, -0.15) is 4.98 Å². The second-order valence-electron chi connectivity index (χ2n) is 3.96. The quantitative estimate of drug-likeness (QED) is 0.868. The molecule has 0 aromatic carbocycles. The summed E-state index contributed by atoms with van der Waals surface area (Å²) in [6, 6.07) is 0.326. The minimum atomic E-state index is 0.326. The molecular formula is C11H19BrN4O. The van der Waals surface area contributed by atoms with Crippen LogP contribution in [-0.4, -0.2) is 36.2 Å². The molecule has 0 radical (unpaired) electrons. The molecule has 0 aliphatic heterocycles. The van der Waals surface area contributed by atoms with Gasteiger partial charge in [-0.25, -0.2) is 4.98 Å². The molecule has 0 aliphatic rings. The lowest BCUT2D eigenvalue weighted by molar-refractivity contribution is 0.393. The normalized spacial score (nSPS) is 10.7. The largest absolute Gasteiger partial charge is 0.480 e. The fraction of sp³-hybridized carbons (Fsp3) is 0.636. The monoisotopic (exact) mass is 302 g/mol. The van der Waals surface area contributed by atoms with Crippen molar-refractivity contribution in [1.29, 1.82) is 0 Å². The van der Waals surface area contributed by atoms with Gasteiger partial charge in [0.15, 0.2) is 0 Å². The summed E-state index contributed by atoms with van der Waals surface area (Å²) >= 11 is 3.34. The molecule has 0 atom stereocenters. The molecule has 1 rings (SSSR count). The van der Waals surface area contributed by atoms with E-state index in [1.165, 1.54) is 0 Å². The molecule has 0 saturated heterocycles. The second kappa shape index (κ2) is 6.76. The van der Waals surface area contributed by atoms with Crippen LogP contribution in [0.4, 0.5) is 5.95 Å². The maximum atomic E-state index is 5.54. The molecule has 1 aromatic heterocycles. The summed E-state index contributed by atoms with van der Waals surface area (Å²) in [6.45, 7) is 5.72. The van der Waals surface area contributed by atoms with Crippen molar-refractivity contribution in [3.05, 3.63) is 10.7 Å². The van der Waals surface area contributed by atoms with E-state index in [1.54, 1.807) is 13.3 Å². The molecule has 2 N–H and O–H groups in total. The van der Waals surface area contributed by atoms with E-state index in [9.17, 15) is 0 Å². The zero-order chi connectivity index (χ0) is 12.8. The third kappa shape index (κ3) is 3.81. The fourth-order valence-corrected chi connectivity index (χ4v) is 1.83. The van der Waals surface area contributed by atoms with Crippen LogP contribution in [-0.2, 0) is 0 Å². The summed E-state index contributed by atoms with van der Waals surface area (Å²) in [6.07, 6.45) is 2.62. The number of methoxy groups -OCH3 is 1. The van der Waals surface area contributed by atoms with E-state index in [0.717, 1.165) is 17.4 Å². The molecule has 1 heterocycles. The predicted octanol–water partition coefficient (Wildman–Crippen LogP) is 1.81. The van der Waals surface area contributed by atoms with Gasteiger partial charge in [0.25, 0.3) is 0 Å². The summed E-state index contributed by atoms with van der Waals surface area (Å²) in [4.78, 5) is 10.8. The Morgan fingerprint density at radius 2 is 2.24 bits per heavy atom. The Morgan fingerprint density at radius 1 is 1.53 bits per heavy atom. The van der Waals surface area contributed by atoms with Crippen LogP contribution in [0.3, 0.4) is 0 Å². The number of nitrogens with zero attached hydrogens (tertiary/aromatic N) is 3. The second-order valence-corrected chi connectivity index (χ2v) is 4.81. The van der Waals surface area contributed by atoms with Gasteiger partial charge < -0.3 is 15.4 Å². The minimum absolute atomic E-state index is 0.326. The van der Waals surface area contributed by atoms with Crippen molar-refractivity contribution >= 4 is 21.9 Å². The minimum Gasteiger partial charge on any atom is -0.480 e. The van der Waals surface area contributed by atoms with E-state index < -0.39 is 0 Å². The Hall–Kier alpha value is -0.880. The zero-order valence-electron chi connectivity index (χ0n) is 10.5. The summed E-state index contributed by atoms with van der Waals surface area (Å²) in [5.74, 6) is 1.22. The van der Waals surface area contributed by atoms with Crippen LogP contribution in [0.1, 0.15) is 20.3 Å². The van der Waals surface area contributed by atoms with Crippen LogP contribution in [0.25, 0.3) is 0 Å². The Kier molecular flexibility index (Phi) is 5.64. The van der Waals surface area contributed by atoms with Crippen LogP contribution in [0.15, 0.2) is 10.7 Å². The van der Waals surface area contributed by atoms with E-state index in [0.29, 0.717) is 24.4 Å². The van der Waals surface area contributed by atoms with Crippen LogP contribution in [0.2, 0.25) is 0 Å². The van der Waals surface area contributed by atoms with E-state index in [1.807, 2.05) is 0 Å². The zero-order valence-corrected chi connectivity index (χ0v) is 12.1. The number of ether oxygens (including phenoxy) is 1. The van der Waals surface area contributed by atoms with Gasteiger partial charge in [-0.1, -0.05) is 0 Å². The van der Waals surface area contributed by atoms with E-state index in [-0.39, 0.29) is 0 Å². The predicted molar refractivity (Wildman–Crippen MR) is 72.4 cm³/mol. The van der Waals surface area contributed by atoms with Gasteiger partial charge in [-0.15, -0.1) is 0 Å². The average Bonchev–Trinajstić information content (AvgIpc) is 2.31. The number of hydrogen-bond donors (Lipinski definition) is 1. The van der Waals surface area contributed by atoms with Crippen LogP contribution < -0.4 is 15.4 Å². The van der Waals surface area contributed by atoms with Crippen molar-refractivity contribution in [2.45, 2.75) is 26.3 Å². The van der Waals surface area contributed by atoms with Crippen LogP contribution >= 0.6 is 15.9 Å². The van der Waals surface area contributed by atoms with Gasteiger partial charge in [0.2, 0.25) is 11.8 Å². The van der Waals surface area contributed by atoms with Crippen molar-refractivity contribution in [2.75, 3.05) is 25.1 Å². The van der Waals surface area contributed by atoms with Crippen molar-refractivity contribution in [2.24, 2.45) is 5.73 Å². The van der Waals surface area contributed by atoms with Crippen LogP contribution in [0.5, 0.6) is 5.88 Å². The highest BCUT2D eigenvalue weighted by atomic mass is 79.9.